The Morgan fingerprint density at radius 2 is 1.87 bits per heavy atom. The van der Waals surface area contributed by atoms with Crippen LogP contribution in [0.1, 0.15) is 35.3 Å². The maximum absolute atomic E-state index is 14.8. The Hall–Kier alpha value is -3.56. The Labute approximate surface area is 177 Å². The molecule has 0 unspecified atom stereocenters. The molecule has 0 spiro atoms. The Bertz CT molecular complexity index is 1010. The smallest absolute Gasteiger partial charge is 0.260 e. The molecule has 3 N–H and O–H groups in total. The molecule has 0 aliphatic rings. The standard InChI is InChI=1S/C21H23F3N4O3/c1-11(2)27-17(29)10-31-26-9-13-8-14(21(30)25-4)20(19(24)18(13)23)28-16-6-5-12(3)7-15(16)22/h5-9,11,28H,10H2,1-4H3,(H,25,30)(H,27,29)/b26-9+. The van der Waals surface area contributed by atoms with Crippen molar-refractivity contribution in [3.8, 4) is 0 Å². The van der Waals surface area contributed by atoms with Crippen LogP contribution in [0.3, 0.4) is 0 Å². The number of rotatable bonds is 8. The highest BCUT2D eigenvalue weighted by molar-refractivity contribution is 6.02. The van der Waals surface area contributed by atoms with Crippen molar-refractivity contribution in [3.63, 3.8) is 0 Å². The van der Waals surface area contributed by atoms with Crippen LogP contribution in [0.4, 0.5) is 24.5 Å². The van der Waals surface area contributed by atoms with Crippen molar-refractivity contribution in [1.82, 2.24) is 10.6 Å². The van der Waals surface area contributed by atoms with E-state index in [0.717, 1.165) is 12.3 Å². The predicted octanol–water partition coefficient (Wildman–Crippen LogP) is 3.39. The van der Waals surface area contributed by atoms with Crippen molar-refractivity contribution in [1.29, 1.82) is 0 Å². The van der Waals surface area contributed by atoms with Gasteiger partial charge in [0, 0.05) is 18.7 Å². The fraction of sp³-hybridized carbons (Fsp3) is 0.286. The van der Waals surface area contributed by atoms with E-state index < -0.39 is 47.1 Å². The van der Waals surface area contributed by atoms with Crippen LogP contribution in [-0.4, -0.2) is 37.7 Å². The van der Waals surface area contributed by atoms with Gasteiger partial charge in [0.25, 0.3) is 11.8 Å². The number of nitrogens with one attached hydrogen (secondary N) is 3. The number of aryl methyl sites for hydroxylation is 1. The minimum Gasteiger partial charge on any atom is -0.386 e. The second-order valence-electron chi connectivity index (χ2n) is 6.93. The first kappa shape index (κ1) is 23.7. The molecular formula is C21H23F3N4O3. The van der Waals surface area contributed by atoms with Gasteiger partial charge in [-0.2, -0.15) is 0 Å². The number of hydrogen-bond acceptors (Lipinski definition) is 5. The van der Waals surface area contributed by atoms with Gasteiger partial charge in [-0.15, -0.1) is 0 Å². The molecule has 10 heteroatoms. The first-order valence-electron chi connectivity index (χ1n) is 9.36. The normalized spacial score (nSPS) is 11.0. The van der Waals surface area contributed by atoms with Crippen LogP contribution in [0, 0.1) is 24.4 Å². The highest BCUT2D eigenvalue weighted by Crippen LogP contribution is 2.30. The molecule has 0 saturated carbocycles. The molecule has 0 fully saturated rings. The average Bonchev–Trinajstić information content (AvgIpc) is 2.70. The van der Waals surface area contributed by atoms with Gasteiger partial charge in [-0.05, 0) is 44.5 Å². The molecule has 0 saturated heterocycles. The monoisotopic (exact) mass is 436 g/mol. The summed E-state index contributed by atoms with van der Waals surface area (Å²) in [6, 6.07) is 5.07. The maximum Gasteiger partial charge on any atom is 0.260 e. The fourth-order valence-corrected chi connectivity index (χ4v) is 2.59. The van der Waals surface area contributed by atoms with Crippen LogP contribution in [-0.2, 0) is 9.63 Å². The molecule has 2 aromatic carbocycles. The van der Waals surface area contributed by atoms with Crippen molar-refractivity contribution < 1.29 is 27.6 Å². The van der Waals surface area contributed by atoms with E-state index in [-0.39, 0.29) is 17.3 Å². The van der Waals surface area contributed by atoms with Gasteiger partial charge in [-0.1, -0.05) is 11.2 Å². The molecule has 0 bridgehead atoms. The molecule has 0 heterocycles. The van der Waals surface area contributed by atoms with Gasteiger partial charge in [-0.25, -0.2) is 13.2 Å². The van der Waals surface area contributed by atoms with Gasteiger partial charge in [0.05, 0.1) is 23.2 Å². The third-order valence-corrected chi connectivity index (χ3v) is 4.00. The van der Waals surface area contributed by atoms with Crippen LogP contribution >= 0.6 is 0 Å². The number of carbonyl (C=O) groups excluding carboxylic acids is 2. The summed E-state index contributed by atoms with van der Waals surface area (Å²) in [5, 5.41) is 10.8. The lowest BCUT2D eigenvalue weighted by molar-refractivity contribution is -0.126. The van der Waals surface area contributed by atoms with E-state index in [4.69, 9.17) is 4.84 Å². The van der Waals surface area contributed by atoms with Gasteiger partial charge < -0.3 is 20.8 Å². The average molecular weight is 436 g/mol. The van der Waals surface area contributed by atoms with E-state index in [1.807, 2.05) is 0 Å². The van der Waals surface area contributed by atoms with Gasteiger partial charge in [0.1, 0.15) is 5.82 Å². The zero-order chi connectivity index (χ0) is 23.1. The lowest BCUT2D eigenvalue weighted by Crippen LogP contribution is -2.32. The highest BCUT2D eigenvalue weighted by atomic mass is 19.2. The summed E-state index contributed by atoms with van der Waals surface area (Å²) in [5.41, 5.74) is -0.700. The summed E-state index contributed by atoms with van der Waals surface area (Å²) in [5.74, 6) is -4.60. The third-order valence-electron chi connectivity index (χ3n) is 4.00. The molecule has 2 aromatic rings. The number of halogens is 3. The van der Waals surface area contributed by atoms with Gasteiger partial charge >= 0.3 is 0 Å². The summed E-state index contributed by atoms with van der Waals surface area (Å²) < 4.78 is 43.5. The van der Waals surface area contributed by atoms with Crippen LogP contribution in [0.15, 0.2) is 29.4 Å². The van der Waals surface area contributed by atoms with Gasteiger partial charge in [0.2, 0.25) is 0 Å². The largest absolute Gasteiger partial charge is 0.386 e. The molecule has 0 aliphatic heterocycles. The zero-order valence-electron chi connectivity index (χ0n) is 17.5. The van der Waals surface area contributed by atoms with E-state index in [1.165, 1.54) is 19.2 Å². The van der Waals surface area contributed by atoms with Crippen molar-refractivity contribution in [2.45, 2.75) is 26.8 Å². The molecule has 7 nitrogen and oxygen atoms in total. The van der Waals surface area contributed by atoms with Crippen LogP contribution in [0.25, 0.3) is 0 Å². The first-order chi connectivity index (χ1) is 14.6. The molecule has 31 heavy (non-hydrogen) atoms. The molecule has 2 amide bonds. The van der Waals surface area contributed by atoms with E-state index >= 15 is 0 Å². The summed E-state index contributed by atoms with van der Waals surface area (Å²) in [4.78, 5) is 28.5. The molecule has 0 aliphatic carbocycles. The third kappa shape index (κ3) is 6.21. The number of amides is 2. The zero-order valence-corrected chi connectivity index (χ0v) is 17.5. The minimum absolute atomic E-state index is 0.0971. The predicted molar refractivity (Wildman–Crippen MR) is 111 cm³/mol. The number of benzene rings is 2. The van der Waals surface area contributed by atoms with Crippen molar-refractivity contribution in [2.24, 2.45) is 5.16 Å². The number of hydrogen-bond donors (Lipinski definition) is 3. The Kier molecular flexibility index (Phi) is 8.00. The number of carbonyl (C=O) groups is 2. The van der Waals surface area contributed by atoms with E-state index in [0.29, 0.717) is 5.56 Å². The molecule has 2 rings (SSSR count). The maximum atomic E-state index is 14.8. The number of anilines is 2. The van der Waals surface area contributed by atoms with Crippen molar-refractivity contribution in [2.75, 3.05) is 19.0 Å². The molecular weight excluding hydrogens is 413 g/mol. The fourth-order valence-electron chi connectivity index (χ4n) is 2.59. The van der Waals surface area contributed by atoms with E-state index in [9.17, 15) is 22.8 Å². The molecule has 166 valence electrons. The molecule has 0 radical (unpaired) electrons. The number of oxime groups is 1. The second kappa shape index (κ2) is 10.5. The van der Waals surface area contributed by atoms with E-state index in [1.54, 1.807) is 26.8 Å². The summed E-state index contributed by atoms with van der Waals surface area (Å²) in [6.45, 7) is 4.77. The van der Waals surface area contributed by atoms with Crippen molar-refractivity contribution in [3.05, 3.63) is 58.4 Å². The quantitative estimate of drug-likeness (QED) is 0.437. The van der Waals surface area contributed by atoms with Crippen LogP contribution in [0.5, 0.6) is 0 Å². The molecule has 0 atom stereocenters. The SMILES string of the molecule is CNC(=O)c1cc(/C=N/OCC(=O)NC(C)C)c(F)c(F)c1Nc1ccc(C)cc1F. The second-order valence-corrected chi connectivity index (χ2v) is 6.93. The van der Waals surface area contributed by atoms with Crippen molar-refractivity contribution >= 4 is 29.4 Å². The Morgan fingerprint density at radius 1 is 1.16 bits per heavy atom. The first-order valence-corrected chi connectivity index (χ1v) is 9.36. The molecule has 0 aromatic heterocycles. The topological polar surface area (TPSA) is 91.8 Å². The lowest BCUT2D eigenvalue weighted by atomic mass is 10.1. The Morgan fingerprint density at radius 3 is 2.48 bits per heavy atom. The summed E-state index contributed by atoms with van der Waals surface area (Å²) >= 11 is 0. The number of nitrogens with zero attached hydrogens (tertiary/aromatic N) is 1. The summed E-state index contributed by atoms with van der Waals surface area (Å²) in [7, 11) is 1.31. The van der Waals surface area contributed by atoms with Gasteiger partial charge in [0.15, 0.2) is 18.2 Å². The minimum atomic E-state index is -1.40. The summed E-state index contributed by atoms with van der Waals surface area (Å²) in [6.07, 6.45) is 0.837. The highest BCUT2D eigenvalue weighted by Gasteiger charge is 2.22. The Balaban J connectivity index is 2.34. The van der Waals surface area contributed by atoms with Crippen LogP contribution in [0.2, 0.25) is 0 Å². The van der Waals surface area contributed by atoms with E-state index in [2.05, 4.69) is 21.1 Å². The van der Waals surface area contributed by atoms with Crippen LogP contribution < -0.4 is 16.0 Å². The van der Waals surface area contributed by atoms with Gasteiger partial charge in [-0.3, -0.25) is 9.59 Å². The lowest BCUT2D eigenvalue weighted by Gasteiger charge is -2.15.